The van der Waals surface area contributed by atoms with Crippen molar-refractivity contribution in [3.63, 3.8) is 0 Å². The minimum atomic E-state index is -0.00816. The number of carbonyl (C=O) groups excluding carboxylic acids is 1. The molecule has 0 unspecified atom stereocenters. The van der Waals surface area contributed by atoms with Gasteiger partial charge in [0.2, 0.25) is 5.91 Å². The average Bonchev–Trinajstić information content (AvgIpc) is 3.31. The molecule has 2 aromatic carbocycles. The van der Waals surface area contributed by atoms with Crippen LogP contribution in [0.3, 0.4) is 0 Å². The van der Waals surface area contributed by atoms with Crippen LogP contribution in [0.4, 0.5) is 5.82 Å². The Bertz CT molecular complexity index is 1400. The van der Waals surface area contributed by atoms with E-state index in [1.165, 1.54) is 6.33 Å². The number of nitrogen functional groups attached to an aromatic ring is 1. The van der Waals surface area contributed by atoms with E-state index in [1.54, 1.807) is 6.08 Å². The monoisotopic (exact) mass is 497 g/mol. The minimum Gasteiger partial charge on any atom is -0.457 e. The van der Waals surface area contributed by atoms with Crippen molar-refractivity contribution in [1.82, 2.24) is 29.5 Å². The number of benzene rings is 2. The zero-order valence-electron chi connectivity index (χ0n) is 21.1. The van der Waals surface area contributed by atoms with Gasteiger partial charge < -0.3 is 20.3 Å². The summed E-state index contributed by atoms with van der Waals surface area (Å²) in [7, 11) is 3.95. The molecule has 1 aliphatic rings. The van der Waals surface area contributed by atoms with Crippen LogP contribution in [0.5, 0.6) is 11.5 Å². The van der Waals surface area contributed by atoms with E-state index in [2.05, 4.69) is 9.97 Å². The SMILES string of the molecule is CN(C)CC=CC(=O)N1CCC[C@@H](n2nc(-c3ccc(Oc4ccccc4)cc3)c3c(N)ncnc32)C1. The fourth-order valence-corrected chi connectivity index (χ4v) is 4.58. The number of nitrogens with zero attached hydrogens (tertiary/aromatic N) is 6. The van der Waals surface area contributed by atoms with Crippen LogP contribution in [-0.2, 0) is 4.79 Å². The largest absolute Gasteiger partial charge is 0.457 e. The third-order valence-corrected chi connectivity index (χ3v) is 6.41. The number of hydrogen-bond acceptors (Lipinski definition) is 7. The molecule has 37 heavy (non-hydrogen) atoms. The second-order valence-corrected chi connectivity index (χ2v) is 9.44. The molecule has 1 fully saturated rings. The molecule has 0 aliphatic carbocycles. The predicted octanol–water partition coefficient (Wildman–Crippen LogP) is 4.15. The number of amides is 1. The van der Waals surface area contributed by atoms with Crippen LogP contribution in [0.15, 0.2) is 73.1 Å². The van der Waals surface area contributed by atoms with E-state index >= 15 is 0 Å². The molecule has 0 saturated carbocycles. The van der Waals surface area contributed by atoms with E-state index < -0.39 is 0 Å². The number of likely N-dealkylation sites (tertiary alicyclic amines) is 1. The smallest absolute Gasteiger partial charge is 0.246 e. The summed E-state index contributed by atoms with van der Waals surface area (Å²) in [6.07, 6.45) is 6.81. The second-order valence-electron chi connectivity index (χ2n) is 9.44. The highest BCUT2D eigenvalue weighted by Gasteiger charge is 2.28. The van der Waals surface area contributed by atoms with Gasteiger partial charge >= 0.3 is 0 Å². The quantitative estimate of drug-likeness (QED) is 0.383. The van der Waals surface area contributed by atoms with Crippen LogP contribution < -0.4 is 10.5 Å². The molecule has 0 bridgehead atoms. The first kappa shape index (κ1) is 24.5. The van der Waals surface area contributed by atoms with Gasteiger partial charge in [0.15, 0.2) is 5.65 Å². The van der Waals surface area contributed by atoms with Gasteiger partial charge in [-0.15, -0.1) is 0 Å². The third-order valence-electron chi connectivity index (χ3n) is 6.41. The number of carbonyl (C=O) groups is 1. The Morgan fingerprint density at radius 1 is 1.11 bits per heavy atom. The Kier molecular flexibility index (Phi) is 7.14. The van der Waals surface area contributed by atoms with Gasteiger partial charge in [0.1, 0.15) is 29.3 Å². The molecular weight excluding hydrogens is 466 g/mol. The lowest BCUT2D eigenvalue weighted by Crippen LogP contribution is -2.40. The fraction of sp³-hybridized carbons (Fsp3) is 0.286. The number of para-hydroxylation sites is 1. The standard InChI is InChI=1S/C28H31N7O2/c1-33(2)16-7-11-24(36)34-17-6-8-21(18-34)35-28-25(27(29)30-19-31-28)26(32-35)20-12-14-23(15-13-20)37-22-9-4-3-5-10-22/h3-5,7,9-15,19,21H,6,8,16-18H2,1-2H3,(H2,29,30,31)/t21-/m1/s1. The van der Waals surface area contributed by atoms with E-state index in [0.717, 1.165) is 43.0 Å². The molecule has 0 radical (unpaired) electrons. The topological polar surface area (TPSA) is 102 Å². The van der Waals surface area contributed by atoms with Gasteiger partial charge in [0.25, 0.3) is 0 Å². The molecule has 3 heterocycles. The molecule has 9 heteroatoms. The first-order chi connectivity index (χ1) is 18.0. The maximum absolute atomic E-state index is 12.8. The van der Waals surface area contributed by atoms with Crippen LogP contribution in [0.1, 0.15) is 18.9 Å². The number of ether oxygens (including phenoxy) is 1. The van der Waals surface area contributed by atoms with Crippen LogP contribution in [0.25, 0.3) is 22.3 Å². The Balaban J connectivity index is 1.42. The lowest BCUT2D eigenvalue weighted by Gasteiger charge is -2.32. The third kappa shape index (κ3) is 5.46. The van der Waals surface area contributed by atoms with Gasteiger partial charge in [-0.3, -0.25) is 4.79 Å². The molecule has 4 aromatic rings. The van der Waals surface area contributed by atoms with Crippen LogP contribution in [0.2, 0.25) is 0 Å². The maximum atomic E-state index is 12.8. The van der Waals surface area contributed by atoms with E-state index in [4.69, 9.17) is 15.6 Å². The summed E-state index contributed by atoms with van der Waals surface area (Å²) in [5.41, 5.74) is 8.60. The zero-order valence-corrected chi connectivity index (χ0v) is 21.1. The molecule has 2 aromatic heterocycles. The number of piperidine rings is 1. The van der Waals surface area contributed by atoms with E-state index in [9.17, 15) is 4.79 Å². The molecule has 1 atom stereocenters. The molecule has 0 spiro atoms. The van der Waals surface area contributed by atoms with Crippen molar-refractivity contribution >= 4 is 22.8 Å². The van der Waals surface area contributed by atoms with Crippen molar-refractivity contribution in [2.75, 3.05) is 39.5 Å². The summed E-state index contributed by atoms with van der Waals surface area (Å²) in [6.45, 7) is 2.02. The van der Waals surface area contributed by atoms with Gasteiger partial charge in [-0.05, 0) is 63.3 Å². The molecule has 9 nitrogen and oxygen atoms in total. The van der Waals surface area contributed by atoms with Gasteiger partial charge in [0.05, 0.1) is 11.4 Å². The van der Waals surface area contributed by atoms with Crippen molar-refractivity contribution < 1.29 is 9.53 Å². The van der Waals surface area contributed by atoms with Crippen molar-refractivity contribution in [3.8, 4) is 22.8 Å². The summed E-state index contributed by atoms with van der Waals surface area (Å²) in [5, 5.41) is 5.68. The number of nitrogens with two attached hydrogens (primary N) is 1. The lowest BCUT2D eigenvalue weighted by atomic mass is 10.1. The number of fused-ring (bicyclic) bond motifs is 1. The van der Waals surface area contributed by atoms with E-state index in [0.29, 0.717) is 29.1 Å². The highest BCUT2D eigenvalue weighted by atomic mass is 16.5. The first-order valence-corrected chi connectivity index (χ1v) is 12.4. The summed E-state index contributed by atoms with van der Waals surface area (Å²) < 4.78 is 7.85. The van der Waals surface area contributed by atoms with Crippen molar-refractivity contribution in [3.05, 3.63) is 73.1 Å². The van der Waals surface area contributed by atoms with Crippen molar-refractivity contribution in [2.24, 2.45) is 0 Å². The summed E-state index contributed by atoms with van der Waals surface area (Å²) in [6, 6.07) is 17.4. The maximum Gasteiger partial charge on any atom is 0.246 e. The molecule has 1 aliphatic heterocycles. The highest BCUT2D eigenvalue weighted by molar-refractivity contribution is 5.98. The Hall–Kier alpha value is -4.24. The predicted molar refractivity (Wildman–Crippen MR) is 144 cm³/mol. The van der Waals surface area contributed by atoms with E-state index in [1.807, 2.05) is 89.3 Å². The van der Waals surface area contributed by atoms with Gasteiger partial charge in [-0.25, -0.2) is 14.6 Å². The molecule has 1 amide bonds. The molecule has 2 N–H and O–H groups in total. The number of likely N-dealkylation sites (N-methyl/N-ethyl adjacent to an activating group) is 1. The van der Waals surface area contributed by atoms with Crippen LogP contribution in [-0.4, -0.2) is 69.2 Å². The summed E-state index contributed by atoms with van der Waals surface area (Å²) >= 11 is 0. The first-order valence-electron chi connectivity index (χ1n) is 12.4. The van der Waals surface area contributed by atoms with Crippen LogP contribution in [0, 0.1) is 0 Å². The molecular formula is C28H31N7O2. The summed E-state index contributed by atoms with van der Waals surface area (Å²) in [5.74, 6) is 1.90. The van der Waals surface area contributed by atoms with Crippen LogP contribution >= 0.6 is 0 Å². The normalized spacial score (nSPS) is 16.1. The molecule has 190 valence electrons. The minimum absolute atomic E-state index is 0.00816. The van der Waals surface area contributed by atoms with Crippen molar-refractivity contribution in [1.29, 1.82) is 0 Å². The number of anilines is 1. The number of rotatable bonds is 7. The number of aromatic nitrogens is 4. The Morgan fingerprint density at radius 2 is 1.86 bits per heavy atom. The second kappa shape index (κ2) is 10.8. The highest BCUT2D eigenvalue weighted by Crippen LogP contribution is 2.34. The van der Waals surface area contributed by atoms with Gasteiger partial charge in [0, 0.05) is 31.3 Å². The van der Waals surface area contributed by atoms with Gasteiger partial charge in [-0.2, -0.15) is 5.10 Å². The fourth-order valence-electron chi connectivity index (χ4n) is 4.58. The van der Waals surface area contributed by atoms with Gasteiger partial charge in [-0.1, -0.05) is 24.3 Å². The number of hydrogen-bond donors (Lipinski definition) is 1. The van der Waals surface area contributed by atoms with E-state index in [-0.39, 0.29) is 11.9 Å². The zero-order chi connectivity index (χ0) is 25.8. The molecule has 1 saturated heterocycles. The lowest BCUT2D eigenvalue weighted by molar-refractivity contribution is -0.127. The molecule has 5 rings (SSSR count). The van der Waals surface area contributed by atoms with Crippen molar-refractivity contribution in [2.45, 2.75) is 18.9 Å². The average molecular weight is 498 g/mol. The Labute approximate surface area is 216 Å². The summed E-state index contributed by atoms with van der Waals surface area (Å²) in [4.78, 5) is 25.5. The Morgan fingerprint density at radius 3 is 2.62 bits per heavy atom.